The minimum absolute atomic E-state index is 0.0151. The number of hydrogen-bond donors (Lipinski definition) is 1. The Labute approximate surface area is 193 Å². The second-order valence-corrected chi connectivity index (χ2v) is 8.71. The van der Waals surface area contributed by atoms with Gasteiger partial charge in [-0.2, -0.15) is 18.3 Å². The van der Waals surface area contributed by atoms with Gasteiger partial charge in [0.05, 0.1) is 63.5 Å². The number of alkyl halides is 3. The van der Waals surface area contributed by atoms with E-state index in [0.29, 0.717) is 45.1 Å². The Morgan fingerprint density at radius 1 is 1.15 bits per heavy atom. The summed E-state index contributed by atoms with van der Waals surface area (Å²) in [6.45, 7) is 4.70. The molecule has 9 nitrogen and oxygen atoms in total. The molecule has 3 aliphatic rings. The summed E-state index contributed by atoms with van der Waals surface area (Å²) in [5.74, 6) is -1.72. The van der Waals surface area contributed by atoms with Gasteiger partial charge in [-0.05, 0) is 5.92 Å². The van der Waals surface area contributed by atoms with E-state index in [1.54, 1.807) is 10.9 Å². The molecular weight excluding hydrogens is 459 g/mol. The van der Waals surface area contributed by atoms with E-state index in [1.165, 1.54) is 0 Å². The zero-order valence-electron chi connectivity index (χ0n) is 18.7. The highest BCUT2D eigenvalue weighted by molar-refractivity contribution is 5.96. The maximum Gasteiger partial charge on any atom is 0.420 e. The molecule has 2 saturated heterocycles. The molecule has 0 saturated carbocycles. The van der Waals surface area contributed by atoms with Crippen LogP contribution in [0, 0.1) is 0 Å². The Kier molecular flexibility index (Phi) is 6.40. The van der Waals surface area contributed by atoms with Crippen LogP contribution in [-0.2, 0) is 38.1 Å². The van der Waals surface area contributed by atoms with Gasteiger partial charge in [-0.1, -0.05) is 6.92 Å². The minimum Gasteiger partial charge on any atom is -0.455 e. The van der Waals surface area contributed by atoms with Crippen molar-refractivity contribution in [3.8, 4) is 11.3 Å². The first-order valence-corrected chi connectivity index (χ1v) is 11.3. The van der Waals surface area contributed by atoms with Gasteiger partial charge in [0.1, 0.15) is 17.4 Å². The van der Waals surface area contributed by atoms with Crippen LogP contribution in [0.15, 0.2) is 10.6 Å². The topological polar surface area (TPSA) is 97.0 Å². The van der Waals surface area contributed by atoms with Crippen molar-refractivity contribution >= 4 is 5.91 Å². The number of nitrogens with one attached hydrogen (secondary N) is 1. The van der Waals surface area contributed by atoms with E-state index in [0.717, 1.165) is 0 Å². The Morgan fingerprint density at radius 3 is 2.50 bits per heavy atom. The molecule has 1 amide bonds. The molecule has 1 aliphatic carbocycles. The van der Waals surface area contributed by atoms with Gasteiger partial charge in [-0.15, -0.1) is 0 Å². The van der Waals surface area contributed by atoms with Gasteiger partial charge in [-0.25, -0.2) is 0 Å². The first kappa shape index (κ1) is 23.3. The summed E-state index contributed by atoms with van der Waals surface area (Å²) in [6, 6.07) is 0. The molecule has 5 rings (SSSR count). The van der Waals surface area contributed by atoms with E-state index in [2.05, 4.69) is 10.4 Å². The van der Waals surface area contributed by atoms with Crippen LogP contribution in [0.3, 0.4) is 0 Å². The summed E-state index contributed by atoms with van der Waals surface area (Å²) in [5.41, 5.74) is -0.404. The van der Waals surface area contributed by atoms with Gasteiger partial charge in [0, 0.05) is 24.7 Å². The third kappa shape index (κ3) is 4.59. The van der Waals surface area contributed by atoms with Gasteiger partial charge in [0.15, 0.2) is 0 Å². The molecule has 0 spiro atoms. The zero-order valence-corrected chi connectivity index (χ0v) is 18.7. The van der Waals surface area contributed by atoms with Gasteiger partial charge in [-0.3, -0.25) is 9.48 Å². The minimum atomic E-state index is -4.81. The summed E-state index contributed by atoms with van der Waals surface area (Å²) < 4.78 is 71.6. The Hall–Kier alpha value is -2.41. The number of furan rings is 1. The van der Waals surface area contributed by atoms with E-state index >= 15 is 0 Å². The SMILES string of the molecule is CC1Cc2oc(C(=O)NC[C@@H]3COCCO3)c(C(F)(F)F)c2-c2nn(C[C@H]3COCCO3)cc21. The number of amides is 1. The summed E-state index contributed by atoms with van der Waals surface area (Å²) >= 11 is 0. The summed E-state index contributed by atoms with van der Waals surface area (Å²) in [5, 5.41) is 6.95. The van der Waals surface area contributed by atoms with E-state index in [-0.39, 0.29) is 48.6 Å². The van der Waals surface area contributed by atoms with Crippen molar-refractivity contribution in [1.82, 2.24) is 15.1 Å². The molecular formula is C22H26F3N3O6. The summed E-state index contributed by atoms with van der Waals surface area (Å²) in [6.07, 6.45) is -3.49. The molecule has 1 N–H and O–H groups in total. The second kappa shape index (κ2) is 9.33. The van der Waals surface area contributed by atoms with Crippen molar-refractivity contribution < 1.29 is 41.3 Å². The zero-order chi connectivity index (χ0) is 23.9. The van der Waals surface area contributed by atoms with Gasteiger partial charge in [0.2, 0.25) is 5.76 Å². The Morgan fingerprint density at radius 2 is 1.85 bits per heavy atom. The lowest BCUT2D eigenvalue weighted by molar-refractivity contribution is -0.137. The highest BCUT2D eigenvalue weighted by Gasteiger charge is 2.46. The lowest BCUT2D eigenvalue weighted by Gasteiger charge is -2.23. The molecule has 2 aromatic rings. The van der Waals surface area contributed by atoms with Gasteiger partial charge < -0.3 is 28.7 Å². The number of nitrogens with zero attached hydrogens (tertiary/aromatic N) is 2. The average molecular weight is 485 g/mol. The van der Waals surface area contributed by atoms with Crippen molar-refractivity contribution in [2.75, 3.05) is 46.2 Å². The highest BCUT2D eigenvalue weighted by atomic mass is 19.4. The molecule has 34 heavy (non-hydrogen) atoms. The van der Waals surface area contributed by atoms with Crippen LogP contribution < -0.4 is 5.32 Å². The van der Waals surface area contributed by atoms with E-state index in [1.807, 2.05) is 6.92 Å². The van der Waals surface area contributed by atoms with Crippen LogP contribution in [0.2, 0.25) is 0 Å². The molecule has 1 unspecified atom stereocenters. The third-order valence-electron chi connectivity index (χ3n) is 6.17. The third-order valence-corrected chi connectivity index (χ3v) is 6.17. The van der Waals surface area contributed by atoms with Crippen LogP contribution in [0.5, 0.6) is 0 Å². The summed E-state index contributed by atoms with van der Waals surface area (Å²) in [4.78, 5) is 12.8. The van der Waals surface area contributed by atoms with Crippen LogP contribution in [0.1, 0.15) is 40.3 Å². The summed E-state index contributed by atoms with van der Waals surface area (Å²) in [7, 11) is 0. The maximum absolute atomic E-state index is 14.2. The molecule has 2 aromatic heterocycles. The molecule has 0 bridgehead atoms. The fraction of sp³-hybridized carbons (Fsp3) is 0.636. The molecule has 3 atom stereocenters. The smallest absolute Gasteiger partial charge is 0.420 e. The fourth-order valence-electron chi connectivity index (χ4n) is 4.57. The molecule has 0 radical (unpaired) electrons. The number of rotatable bonds is 5. The van der Waals surface area contributed by atoms with Gasteiger partial charge >= 0.3 is 6.18 Å². The highest BCUT2D eigenvalue weighted by Crippen LogP contribution is 2.48. The lowest BCUT2D eigenvalue weighted by atomic mass is 9.86. The molecule has 0 aromatic carbocycles. The quantitative estimate of drug-likeness (QED) is 0.695. The van der Waals surface area contributed by atoms with Crippen LogP contribution in [0.4, 0.5) is 13.2 Å². The van der Waals surface area contributed by atoms with Crippen molar-refractivity contribution in [3.63, 3.8) is 0 Å². The Bertz CT molecular complexity index is 1040. The number of halogens is 3. The molecule has 4 heterocycles. The maximum atomic E-state index is 14.2. The molecule has 2 aliphatic heterocycles. The predicted octanol–water partition coefficient (Wildman–Crippen LogP) is 2.38. The number of carbonyl (C=O) groups excluding carboxylic acids is 1. The molecule has 12 heteroatoms. The van der Waals surface area contributed by atoms with Crippen molar-refractivity contribution in [3.05, 3.63) is 28.8 Å². The standard InChI is InChI=1S/C22H26F3N3O6/c1-12-6-16-17(19-15(12)9-28(27-19)8-14-11-31-3-5-33-14)18(22(23,24)25)20(34-16)21(29)26-7-13-10-30-2-4-32-13/h9,12-14H,2-8,10-11H2,1H3,(H,26,29)/t12?,13-,14+/m1/s1. The second-order valence-electron chi connectivity index (χ2n) is 8.71. The largest absolute Gasteiger partial charge is 0.455 e. The van der Waals surface area contributed by atoms with E-state index < -0.39 is 29.5 Å². The average Bonchev–Trinajstić information content (AvgIpc) is 3.41. The Balaban J connectivity index is 1.45. The van der Waals surface area contributed by atoms with Crippen LogP contribution in [0.25, 0.3) is 11.3 Å². The molecule has 186 valence electrons. The molecule has 2 fully saturated rings. The number of carbonyl (C=O) groups is 1. The first-order valence-electron chi connectivity index (χ1n) is 11.3. The monoisotopic (exact) mass is 485 g/mol. The van der Waals surface area contributed by atoms with Crippen LogP contribution in [-0.4, -0.2) is 74.1 Å². The lowest BCUT2D eigenvalue weighted by Crippen LogP contribution is -2.40. The number of ether oxygens (including phenoxy) is 4. The fourth-order valence-corrected chi connectivity index (χ4v) is 4.57. The van der Waals surface area contributed by atoms with Crippen molar-refractivity contribution in [2.24, 2.45) is 0 Å². The van der Waals surface area contributed by atoms with Crippen molar-refractivity contribution in [2.45, 2.75) is 44.2 Å². The number of fused-ring (bicyclic) bond motifs is 3. The number of hydrogen-bond acceptors (Lipinski definition) is 7. The normalized spacial score (nSPS) is 25.0. The van der Waals surface area contributed by atoms with Crippen LogP contribution >= 0.6 is 0 Å². The van der Waals surface area contributed by atoms with Gasteiger partial charge in [0.25, 0.3) is 5.91 Å². The number of aromatic nitrogens is 2. The van der Waals surface area contributed by atoms with Crippen molar-refractivity contribution in [1.29, 1.82) is 0 Å². The van der Waals surface area contributed by atoms with E-state index in [9.17, 15) is 18.0 Å². The predicted molar refractivity (Wildman–Crippen MR) is 111 cm³/mol. The first-order chi connectivity index (χ1) is 16.3. The van der Waals surface area contributed by atoms with E-state index in [4.69, 9.17) is 23.4 Å².